The van der Waals surface area contributed by atoms with Gasteiger partial charge in [-0.05, 0) is 38.8 Å². The SMILES string of the molecule is CCNC(Cc1ccn(C(C)C)n1)CC1CCCCC1. The predicted molar refractivity (Wildman–Crippen MR) is 85.0 cm³/mol. The molecule has 1 heterocycles. The van der Waals surface area contributed by atoms with Crippen LogP contribution in [0.5, 0.6) is 0 Å². The molecule has 1 saturated carbocycles. The fourth-order valence-corrected chi connectivity index (χ4v) is 3.38. The van der Waals surface area contributed by atoms with Crippen molar-refractivity contribution in [1.29, 1.82) is 0 Å². The third-order valence-corrected chi connectivity index (χ3v) is 4.48. The van der Waals surface area contributed by atoms with Crippen molar-refractivity contribution in [3.05, 3.63) is 18.0 Å². The van der Waals surface area contributed by atoms with E-state index >= 15 is 0 Å². The van der Waals surface area contributed by atoms with Gasteiger partial charge in [0.1, 0.15) is 0 Å². The van der Waals surface area contributed by atoms with Gasteiger partial charge in [-0.3, -0.25) is 4.68 Å². The number of aromatic nitrogens is 2. The Labute approximate surface area is 124 Å². The van der Waals surface area contributed by atoms with Crippen LogP contribution in [0.3, 0.4) is 0 Å². The Morgan fingerprint density at radius 3 is 2.65 bits per heavy atom. The quantitative estimate of drug-likeness (QED) is 0.817. The van der Waals surface area contributed by atoms with E-state index < -0.39 is 0 Å². The molecule has 3 heteroatoms. The summed E-state index contributed by atoms with van der Waals surface area (Å²) in [6.07, 6.45) is 11.7. The van der Waals surface area contributed by atoms with Crippen LogP contribution in [0.2, 0.25) is 0 Å². The third kappa shape index (κ3) is 4.62. The minimum Gasteiger partial charge on any atom is -0.314 e. The summed E-state index contributed by atoms with van der Waals surface area (Å²) >= 11 is 0. The molecule has 0 amide bonds. The number of hydrogen-bond donors (Lipinski definition) is 1. The Morgan fingerprint density at radius 1 is 1.30 bits per heavy atom. The number of likely N-dealkylation sites (N-methyl/N-ethyl adjacent to an activating group) is 1. The molecule has 0 aromatic carbocycles. The Morgan fingerprint density at radius 2 is 2.05 bits per heavy atom. The van der Waals surface area contributed by atoms with Crippen molar-refractivity contribution in [3.8, 4) is 0 Å². The van der Waals surface area contributed by atoms with E-state index in [1.807, 2.05) is 0 Å². The summed E-state index contributed by atoms with van der Waals surface area (Å²) in [5.74, 6) is 0.931. The minimum atomic E-state index is 0.458. The van der Waals surface area contributed by atoms with Crippen molar-refractivity contribution in [1.82, 2.24) is 15.1 Å². The zero-order valence-corrected chi connectivity index (χ0v) is 13.4. The van der Waals surface area contributed by atoms with Gasteiger partial charge in [-0.2, -0.15) is 5.10 Å². The highest BCUT2D eigenvalue weighted by Gasteiger charge is 2.19. The summed E-state index contributed by atoms with van der Waals surface area (Å²) in [5.41, 5.74) is 1.24. The van der Waals surface area contributed by atoms with Gasteiger partial charge in [0, 0.05) is 24.7 Å². The normalized spacial score (nSPS) is 18.6. The molecule has 1 aliphatic carbocycles. The van der Waals surface area contributed by atoms with Crippen LogP contribution in [-0.2, 0) is 6.42 Å². The molecule has 1 N–H and O–H groups in total. The molecule has 1 unspecified atom stereocenters. The van der Waals surface area contributed by atoms with Crippen molar-refractivity contribution in [2.24, 2.45) is 5.92 Å². The lowest BCUT2D eigenvalue weighted by Crippen LogP contribution is -2.33. The molecular formula is C17H31N3. The molecule has 1 fully saturated rings. The smallest absolute Gasteiger partial charge is 0.0640 e. The van der Waals surface area contributed by atoms with Crippen molar-refractivity contribution in [2.75, 3.05) is 6.54 Å². The standard InChI is InChI=1S/C17H31N3/c1-4-18-17(12-15-8-6-5-7-9-15)13-16-10-11-20(19-16)14(2)3/h10-11,14-15,17-18H,4-9,12-13H2,1-3H3. The highest BCUT2D eigenvalue weighted by molar-refractivity contribution is 5.02. The van der Waals surface area contributed by atoms with Crippen molar-refractivity contribution < 1.29 is 0 Å². The number of nitrogens with zero attached hydrogens (tertiary/aromatic N) is 2. The van der Waals surface area contributed by atoms with Crippen LogP contribution in [0.15, 0.2) is 12.3 Å². The van der Waals surface area contributed by atoms with E-state index in [1.54, 1.807) is 0 Å². The van der Waals surface area contributed by atoms with Gasteiger partial charge < -0.3 is 5.32 Å². The van der Waals surface area contributed by atoms with E-state index in [4.69, 9.17) is 5.10 Å². The number of hydrogen-bond acceptors (Lipinski definition) is 2. The average Bonchev–Trinajstić information content (AvgIpc) is 2.89. The second kappa shape index (κ2) is 7.82. The topological polar surface area (TPSA) is 29.9 Å². The van der Waals surface area contributed by atoms with E-state index in [-0.39, 0.29) is 0 Å². The van der Waals surface area contributed by atoms with Gasteiger partial charge in [-0.15, -0.1) is 0 Å². The fourth-order valence-electron chi connectivity index (χ4n) is 3.38. The minimum absolute atomic E-state index is 0.458. The van der Waals surface area contributed by atoms with Crippen LogP contribution in [-0.4, -0.2) is 22.4 Å². The van der Waals surface area contributed by atoms with E-state index in [0.29, 0.717) is 12.1 Å². The first kappa shape index (κ1) is 15.6. The maximum absolute atomic E-state index is 4.70. The second-order valence-corrected chi connectivity index (χ2v) is 6.58. The Hall–Kier alpha value is -0.830. The van der Waals surface area contributed by atoms with E-state index in [9.17, 15) is 0 Å². The first-order valence-electron chi connectivity index (χ1n) is 8.46. The largest absolute Gasteiger partial charge is 0.314 e. The molecule has 0 saturated heterocycles. The van der Waals surface area contributed by atoms with E-state index in [1.165, 1.54) is 44.2 Å². The highest BCUT2D eigenvalue weighted by atomic mass is 15.3. The maximum atomic E-state index is 4.70. The van der Waals surface area contributed by atoms with Crippen LogP contribution < -0.4 is 5.32 Å². The zero-order chi connectivity index (χ0) is 14.4. The molecule has 0 aliphatic heterocycles. The third-order valence-electron chi connectivity index (χ3n) is 4.48. The molecule has 114 valence electrons. The van der Waals surface area contributed by atoms with Crippen LogP contribution in [0.25, 0.3) is 0 Å². The molecule has 20 heavy (non-hydrogen) atoms. The van der Waals surface area contributed by atoms with Gasteiger partial charge in [0.05, 0.1) is 5.69 Å². The van der Waals surface area contributed by atoms with Crippen molar-refractivity contribution >= 4 is 0 Å². The Balaban J connectivity index is 1.89. The first-order chi connectivity index (χ1) is 9.69. The molecule has 0 spiro atoms. The van der Waals surface area contributed by atoms with Gasteiger partial charge >= 0.3 is 0 Å². The second-order valence-electron chi connectivity index (χ2n) is 6.58. The van der Waals surface area contributed by atoms with Crippen LogP contribution in [0.1, 0.15) is 71.0 Å². The van der Waals surface area contributed by atoms with Crippen molar-refractivity contribution in [3.63, 3.8) is 0 Å². The van der Waals surface area contributed by atoms with E-state index in [2.05, 4.69) is 43.0 Å². The zero-order valence-electron chi connectivity index (χ0n) is 13.4. The molecule has 1 aromatic heterocycles. The van der Waals surface area contributed by atoms with E-state index in [0.717, 1.165) is 18.9 Å². The predicted octanol–water partition coefficient (Wildman–Crippen LogP) is 3.96. The molecular weight excluding hydrogens is 246 g/mol. The monoisotopic (exact) mass is 277 g/mol. The van der Waals surface area contributed by atoms with Crippen LogP contribution in [0, 0.1) is 5.92 Å². The molecule has 0 bridgehead atoms. The van der Waals surface area contributed by atoms with Gasteiger partial charge in [-0.1, -0.05) is 39.0 Å². The summed E-state index contributed by atoms with van der Waals surface area (Å²) < 4.78 is 2.07. The highest BCUT2D eigenvalue weighted by Crippen LogP contribution is 2.28. The summed E-state index contributed by atoms with van der Waals surface area (Å²) in [5, 5.41) is 8.37. The van der Waals surface area contributed by atoms with Crippen molar-refractivity contribution in [2.45, 2.75) is 77.8 Å². The molecule has 1 atom stereocenters. The van der Waals surface area contributed by atoms with Crippen LogP contribution >= 0.6 is 0 Å². The fraction of sp³-hybridized carbons (Fsp3) is 0.824. The molecule has 1 aliphatic rings. The average molecular weight is 277 g/mol. The van der Waals surface area contributed by atoms with Gasteiger partial charge in [0.15, 0.2) is 0 Å². The number of rotatable bonds is 7. The summed E-state index contributed by atoms with van der Waals surface area (Å²) in [6, 6.07) is 3.24. The number of nitrogens with one attached hydrogen (secondary N) is 1. The van der Waals surface area contributed by atoms with Crippen LogP contribution in [0.4, 0.5) is 0 Å². The lowest BCUT2D eigenvalue weighted by atomic mass is 9.84. The summed E-state index contributed by atoms with van der Waals surface area (Å²) in [4.78, 5) is 0. The summed E-state index contributed by atoms with van der Waals surface area (Å²) in [6.45, 7) is 7.63. The Kier molecular flexibility index (Phi) is 6.08. The Bertz CT molecular complexity index is 377. The van der Waals surface area contributed by atoms with Gasteiger partial charge in [-0.25, -0.2) is 0 Å². The van der Waals surface area contributed by atoms with Gasteiger partial charge in [0.25, 0.3) is 0 Å². The maximum Gasteiger partial charge on any atom is 0.0640 e. The first-order valence-corrected chi connectivity index (χ1v) is 8.46. The molecule has 0 radical (unpaired) electrons. The lowest BCUT2D eigenvalue weighted by Gasteiger charge is -2.26. The lowest BCUT2D eigenvalue weighted by molar-refractivity contribution is 0.297. The molecule has 3 nitrogen and oxygen atoms in total. The molecule has 2 rings (SSSR count). The summed E-state index contributed by atoms with van der Waals surface area (Å²) in [7, 11) is 0. The van der Waals surface area contributed by atoms with Gasteiger partial charge in [0.2, 0.25) is 0 Å². The molecule has 1 aromatic rings.